The number of piperidine rings is 1. The van der Waals surface area contributed by atoms with Gasteiger partial charge in [-0.2, -0.15) is 18.4 Å². The molecule has 0 atom stereocenters. The summed E-state index contributed by atoms with van der Waals surface area (Å²) >= 11 is 0. The van der Waals surface area contributed by atoms with Gasteiger partial charge in [-0.3, -0.25) is 19.2 Å². The fourth-order valence-corrected chi connectivity index (χ4v) is 4.54. The van der Waals surface area contributed by atoms with Crippen LogP contribution in [0, 0.1) is 0 Å². The summed E-state index contributed by atoms with van der Waals surface area (Å²) in [7, 11) is 0. The minimum absolute atomic E-state index is 0.0732. The van der Waals surface area contributed by atoms with E-state index < -0.39 is 17.9 Å². The van der Waals surface area contributed by atoms with E-state index >= 15 is 0 Å². The zero-order valence-corrected chi connectivity index (χ0v) is 18.2. The summed E-state index contributed by atoms with van der Waals surface area (Å²) in [6.07, 6.45) is -2.16. The summed E-state index contributed by atoms with van der Waals surface area (Å²) in [6, 6.07) is 1.58. The third kappa shape index (κ3) is 3.59. The van der Waals surface area contributed by atoms with E-state index in [0.717, 1.165) is 4.90 Å². The number of Topliss-reactive ketones (excluding diaryl/α,β-unsaturated/α-hetero) is 1. The Balaban J connectivity index is 1.73. The van der Waals surface area contributed by atoms with Gasteiger partial charge in [0.15, 0.2) is 0 Å². The molecule has 0 spiro atoms. The molecule has 0 radical (unpaired) electrons. The number of halogens is 2. The quantitative estimate of drug-likeness (QED) is 0.688. The van der Waals surface area contributed by atoms with Crippen LogP contribution in [0.15, 0.2) is 10.9 Å². The number of likely N-dealkylation sites (tertiary alicyclic amines) is 1. The highest BCUT2D eigenvalue weighted by atomic mass is 19.3. The molecule has 2 aliphatic heterocycles. The summed E-state index contributed by atoms with van der Waals surface area (Å²) in [5.74, 6) is -1.77. The van der Waals surface area contributed by atoms with Crippen LogP contribution in [-0.2, 0) is 22.7 Å². The first-order valence-corrected chi connectivity index (χ1v) is 10.6. The van der Waals surface area contributed by atoms with Crippen LogP contribution in [0.3, 0.4) is 0 Å². The fourth-order valence-electron chi connectivity index (χ4n) is 4.54. The van der Waals surface area contributed by atoms with Crippen molar-refractivity contribution in [3.63, 3.8) is 0 Å². The number of fused-ring (bicyclic) bond motifs is 2. The number of rotatable bonds is 5. The monoisotopic (exact) mass is 449 g/mol. The van der Waals surface area contributed by atoms with E-state index in [2.05, 4.69) is 5.10 Å². The van der Waals surface area contributed by atoms with Gasteiger partial charge in [0.2, 0.25) is 0 Å². The van der Waals surface area contributed by atoms with Gasteiger partial charge in [0, 0.05) is 31.1 Å². The van der Waals surface area contributed by atoms with Crippen LogP contribution in [0.5, 0.6) is 0 Å². The number of alkyl halides is 2. The molecule has 11 heteroatoms. The standard InChI is InChI=1S/C21H25F2N5O4/c1-11(2)26-10-14-17(20(26)31)27(9-12(3)29)16-8-15(24-28(16)19(14)30)13-4-6-25(7-5-13)21(32)18(22)23/h8,11,13,18H,4-7,9-10H2,1-3H3. The summed E-state index contributed by atoms with van der Waals surface area (Å²) in [5.41, 5.74) is 1.06. The number of amides is 2. The highest BCUT2D eigenvalue weighted by molar-refractivity contribution is 5.98. The lowest BCUT2D eigenvalue weighted by atomic mass is 9.93. The molecule has 2 aromatic heterocycles. The van der Waals surface area contributed by atoms with Crippen molar-refractivity contribution in [2.24, 2.45) is 0 Å². The summed E-state index contributed by atoms with van der Waals surface area (Å²) < 4.78 is 28.2. The van der Waals surface area contributed by atoms with Crippen molar-refractivity contribution in [1.29, 1.82) is 0 Å². The van der Waals surface area contributed by atoms with E-state index in [1.807, 2.05) is 13.8 Å². The maximum atomic E-state index is 13.2. The predicted octanol–water partition coefficient (Wildman–Crippen LogP) is 1.42. The maximum absolute atomic E-state index is 13.2. The normalized spacial score (nSPS) is 17.2. The average Bonchev–Trinajstić information content (AvgIpc) is 3.33. The number of carbonyl (C=O) groups is 3. The Morgan fingerprint density at radius 3 is 2.41 bits per heavy atom. The van der Waals surface area contributed by atoms with Gasteiger partial charge in [-0.1, -0.05) is 0 Å². The van der Waals surface area contributed by atoms with Gasteiger partial charge in [0.1, 0.15) is 17.1 Å². The molecule has 1 saturated heterocycles. The summed E-state index contributed by atoms with van der Waals surface area (Å²) in [4.78, 5) is 52.4. The molecule has 2 aromatic rings. The minimum atomic E-state index is -3.03. The molecule has 0 aromatic carbocycles. The SMILES string of the molecule is CC(=O)Cn1c2c(c(=O)n3nc(C4CCN(C(=O)C(F)F)CC4)cc13)CN(C(C)C)C2=O. The van der Waals surface area contributed by atoms with Crippen molar-refractivity contribution >= 4 is 23.2 Å². The molecule has 172 valence electrons. The first-order chi connectivity index (χ1) is 15.1. The van der Waals surface area contributed by atoms with Gasteiger partial charge in [0.05, 0.1) is 24.3 Å². The zero-order valence-electron chi connectivity index (χ0n) is 18.2. The van der Waals surface area contributed by atoms with Crippen LogP contribution in [0.4, 0.5) is 8.78 Å². The highest BCUT2D eigenvalue weighted by Crippen LogP contribution is 2.30. The number of carbonyl (C=O) groups excluding carboxylic acids is 3. The average molecular weight is 449 g/mol. The highest BCUT2D eigenvalue weighted by Gasteiger charge is 2.37. The predicted molar refractivity (Wildman–Crippen MR) is 110 cm³/mol. The van der Waals surface area contributed by atoms with Crippen LogP contribution in [0.1, 0.15) is 61.3 Å². The topological polar surface area (TPSA) is 97.0 Å². The van der Waals surface area contributed by atoms with E-state index in [1.165, 1.54) is 11.4 Å². The number of nitrogens with zero attached hydrogens (tertiary/aromatic N) is 5. The number of hydrogen-bond acceptors (Lipinski definition) is 5. The van der Waals surface area contributed by atoms with Gasteiger partial charge in [-0.05, 0) is 33.6 Å². The van der Waals surface area contributed by atoms with E-state index in [4.69, 9.17) is 0 Å². The van der Waals surface area contributed by atoms with E-state index in [-0.39, 0.29) is 55.5 Å². The molecular formula is C21H25F2N5O4. The second kappa shape index (κ2) is 8.10. The Hall–Kier alpha value is -3.11. The molecule has 0 N–H and O–H groups in total. The Morgan fingerprint density at radius 1 is 1.19 bits per heavy atom. The van der Waals surface area contributed by atoms with Crippen molar-refractivity contribution < 1.29 is 23.2 Å². The Kier molecular flexibility index (Phi) is 5.59. The third-order valence-corrected chi connectivity index (χ3v) is 6.20. The second-order valence-electron chi connectivity index (χ2n) is 8.69. The van der Waals surface area contributed by atoms with Crippen molar-refractivity contribution in [2.75, 3.05) is 13.1 Å². The number of aromatic nitrogens is 3. The van der Waals surface area contributed by atoms with Crippen LogP contribution < -0.4 is 5.56 Å². The second-order valence-corrected chi connectivity index (χ2v) is 8.69. The van der Waals surface area contributed by atoms with Crippen molar-refractivity contribution in [3.8, 4) is 0 Å². The third-order valence-electron chi connectivity index (χ3n) is 6.20. The summed E-state index contributed by atoms with van der Waals surface area (Å²) in [6.45, 7) is 5.57. The van der Waals surface area contributed by atoms with Gasteiger partial charge in [-0.15, -0.1) is 0 Å². The van der Waals surface area contributed by atoms with Gasteiger partial charge >= 0.3 is 6.43 Å². The lowest BCUT2D eigenvalue weighted by molar-refractivity contribution is -0.143. The Bertz CT molecular complexity index is 1160. The molecule has 4 heterocycles. The van der Waals surface area contributed by atoms with Gasteiger partial charge < -0.3 is 14.4 Å². The van der Waals surface area contributed by atoms with Crippen molar-refractivity contribution in [3.05, 3.63) is 33.4 Å². The lowest BCUT2D eigenvalue weighted by Crippen LogP contribution is -2.41. The van der Waals surface area contributed by atoms with Crippen LogP contribution in [0.25, 0.3) is 5.65 Å². The van der Waals surface area contributed by atoms with Crippen molar-refractivity contribution in [2.45, 2.75) is 65.1 Å². The molecule has 32 heavy (non-hydrogen) atoms. The number of ketones is 1. The van der Waals surface area contributed by atoms with E-state index in [0.29, 0.717) is 29.7 Å². The lowest BCUT2D eigenvalue weighted by Gasteiger charge is -2.30. The maximum Gasteiger partial charge on any atom is 0.315 e. The zero-order chi connectivity index (χ0) is 23.3. The first kappa shape index (κ1) is 22.1. The molecule has 1 fully saturated rings. The first-order valence-electron chi connectivity index (χ1n) is 10.6. The Morgan fingerprint density at radius 2 is 1.84 bits per heavy atom. The minimum Gasteiger partial charge on any atom is -0.338 e. The van der Waals surface area contributed by atoms with Gasteiger partial charge in [0.25, 0.3) is 17.4 Å². The number of hydrogen-bond donors (Lipinski definition) is 0. The van der Waals surface area contributed by atoms with Crippen LogP contribution in [-0.4, -0.2) is 67.1 Å². The van der Waals surface area contributed by atoms with Crippen LogP contribution >= 0.6 is 0 Å². The molecular weight excluding hydrogens is 424 g/mol. The molecule has 2 aliphatic rings. The largest absolute Gasteiger partial charge is 0.338 e. The summed E-state index contributed by atoms with van der Waals surface area (Å²) in [5, 5.41) is 4.47. The molecule has 0 saturated carbocycles. The van der Waals surface area contributed by atoms with E-state index in [1.54, 1.807) is 15.5 Å². The molecule has 0 aliphatic carbocycles. The van der Waals surface area contributed by atoms with Crippen LogP contribution in [0.2, 0.25) is 0 Å². The van der Waals surface area contributed by atoms with E-state index in [9.17, 15) is 28.0 Å². The van der Waals surface area contributed by atoms with Crippen molar-refractivity contribution in [1.82, 2.24) is 24.0 Å². The molecule has 9 nitrogen and oxygen atoms in total. The molecule has 2 amide bonds. The fraction of sp³-hybridized carbons (Fsp3) is 0.571. The Labute approximate surface area is 182 Å². The molecule has 0 bridgehead atoms. The molecule has 0 unspecified atom stereocenters. The smallest absolute Gasteiger partial charge is 0.315 e. The van der Waals surface area contributed by atoms with Gasteiger partial charge in [-0.25, -0.2) is 0 Å². The molecule has 4 rings (SSSR count).